The predicted octanol–water partition coefficient (Wildman–Crippen LogP) is 1.31. The van der Waals surface area contributed by atoms with Crippen LogP contribution in [0.1, 0.15) is 5.76 Å². The van der Waals surface area contributed by atoms with E-state index in [1.807, 2.05) is 0 Å². The summed E-state index contributed by atoms with van der Waals surface area (Å²) in [7, 11) is 0. The second-order valence-corrected chi connectivity index (χ2v) is 3.54. The van der Waals surface area contributed by atoms with E-state index in [2.05, 4.69) is 5.32 Å². The summed E-state index contributed by atoms with van der Waals surface area (Å²) >= 11 is 0.798. The minimum Gasteiger partial charge on any atom is -0.481 e. The fourth-order valence-electron chi connectivity index (χ4n) is 0.970. The van der Waals surface area contributed by atoms with E-state index in [-0.39, 0.29) is 10.9 Å². The van der Waals surface area contributed by atoms with E-state index in [0.717, 1.165) is 11.8 Å². The van der Waals surface area contributed by atoms with Crippen LogP contribution in [0, 0.1) is 0 Å². The third-order valence-electron chi connectivity index (χ3n) is 1.53. The summed E-state index contributed by atoms with van der Waals surface area (Å²) < 4.78 is 4.80. The molecule has 14 heavy (non-hydrogen) atoms. The van der Waals surface area contributed by atoms with Crippen LogP contribution in [0.2, 0.25) is 0 Å². The van der Waals surface area contributed by atoms with Crippen LogP contribution in [0.5, 0.6) is 5.95 Å². The molecule has 0 radical (unpaired) electrons. The minimum atomic E-state index is -0.448. The van der Waals surface area contributed by atoms with E-state index in [1.54, 1.807) is 0 Å². The van der Waals surface area contributed by atoms with Crippen molar-refractivity contribution in [1.29, 1.82) is 0 Å². The molecule has 1 saturated heterocycles. The van der Waals surface area contributed by atoms with Gasteiger partial charge in [-0.3, -0.25) is 14.9 Å². The maximum atomic E-state index is 11.1. The van der Waals surface area contributed by atoms with E-state index < -0.39 is 11.1 Å². The second kappa shape index (κ2) is 3.22. The monoisotopic (exact) mass is 211 g/mol. The molecule has 2 rings (SSSR count). The number of imide groups is 1. The first-order chi connectivity index (χ1) is 6.65. The number of nitrogens with one attached hydrogen (secondary N) is 1. The van der Waals surface area contributed by atoms with Crippen molar-refractivity contribution in [2.24, 2.45) is 0 Å². The Kier molecular flexibility index (Phi) is 2.05. The number of furan rings is 1. The van der Waals surface area contributed by atoms with Gasteiger partial charge in [-0.1, -0.05) is 0 Å². The Morgan fingerprint density at radius 3 is 2.71 bits per heavy atom. The lowest BCUT2D eigenvalue weighted by molar-refractivity contribution is -0.115. The molecule has 0 unspecified atom stereocenters. The first-order valence-electron chi connectivity index (χ1n) is 3.69. The largest absolute Gasteiger partial charge is 0.481 e. The molecule has 0 saturated carbocycles. The molecule has 2 amide bonds. The molecule has 2 heterocycles. The lowest BCUT2D eigenvalue weighted by Crippen LogP contribution is -2.17. The van der Waals surface area contributed by atoms with Gasteiger partial charge in [0.05, 0.1) is 4.91 Å². The van der Waals surface area contributed by atoms with E-state index in [9.17, 15) is 9.59 Å². The van der Waals surface area contributed by atoms with Crippen molar-refractivity contribution in [3.8, 4) is 5.95 Å². The van der Waals surface area contributed by atoms with Gasteiger partial charge in [0.1, 0.15) is 5.76 Å². The maximum absolute atomic E-state index is 11.1. The highest BCUT2D eigenvalue weighted by molar-refractivity contribution is 8.18. The zero-order valence-electron chi connectivity index (χ0n) is 6.81. The van der Waals surface area contributed by atoms with Gasteiger partial charge in [-0.15, -0.1) is 0 Å². The van der Waals surface area contributed by atoms with E-state index >= 15 is 0 Å². The number of rotatable bonds is 1. The Bertz CT molecular complexity index is 434. The summed E-state index contributed by atoms with van der Waals surface area (Å²) in [6.07, 6.45) is 1.39. The molecule has 0 spiro atoms. The van der Waals surface area contributed by atoms with Crippen molar-refractivity contribution < 1.29 is 19.1 Å². The standard InChI is InChI=1S/C8H5NO4S/c10-6-2-1-4(13-6)3-5-7(11)9-8(12)14-5/h1-3,10H,(H,9,11,12)/b5-3-. The SMILES string of the molecule is O=C1NC(=O)/C(=C/c2ccc(O)o2)S1. The average Bonchev–Trinajstić information content (AvgIpc) is 2.61. The zero-order valence-corrected chi connectivity index (χ0v) is 7.63. The van der Waals surface area contributed by atoms with Crippen LogP contribution in [-0.4, -0.2) is 16.3 Å². The van der Waals surface area contributed by atoms with Gasteiger partial charge in [-0.25, -0.2) is 0 Å². The zero-order chi connectivity index (χ0) is 10.1. The summed E-state index contributed by atoms with van der Waals surface area (Å²) in [6, 6.07) is 2.85. The summed E-state index contributed by atoms with van der Waals surface area (Å²) in [4.78, 5) is 22.1. The lowest BCUT2D eigenvalue weighted by atomic mass is 10.4. The Balaban J connectivity index is 2.27. The van der Waals surface area contributed by atoms with Gasteiger partial charge >= 0.3 is 0 Å². The van der Waals surface area contributed by atoms with Gasteiger partial charge < -0.3 is 9.52 Å². The minimum absolute atomic E-state index is 0.230. The van der Waals surface area contributed by atoms with Crippen LogP contribution >= 0.6 is 11.8 Å². The van der Waals surface area contributed by atoms with E-state index in [0.29, 0.717) is 5.76 Å². The molecule has 1 fully saturated rings. The van der Waals surface area contributed by atoms with Crippen LogP contribution in [0.3, 0.4) is 0 Å². The summed E-state index contributed by atoms with van der Waals surface area (Å²) in [5, 5.41) is 10.6. The Morgan fingerprint density at radius 2 is 2.21 bits per heavy atom. The first kappa shape index (κ1) is 8.89. The van der Waals surface area contributed by atoms with Gasteiger partial charge in [0.2, 0.25) is 0 Å². The quantitative estimate of drug-likeness (QED) is 0.684. The van der Waals surface area contributed by atoms with Gasteiger partial charge in [0.15, 0.2) is 0 Å². The molecule has 0 aliphatic carbocycles. The summed E-state index contributed by atoms with van der Waals surface area (Å²) in [5.74, 6) is -0.350. The molecule has 1 aliphatic rings. The molecule has 5 nitrogen and oxygen atoms in total. The third-order valence-corrected chi connectivity index (χ3v) is 2.34. The fourth-order valence-corrected chi connectivity index (χ4v) is 1.63. The highest BCUT2D eigenvalue weighted by Crippen LogP contribution is 2.26. The van der Waals surface area contributed by atoms with Crippen LogP contribution < -0.4 is 5.32 Å². The number of carbonyl (C=O) groups is 2. The fraction of sp³-hybridized carbons (Fsp3) is 0. The van der Waals surface area contributed by atoms with Gasteiger partial charge in [-0.2, -0.15) is 0 Å². The van der Waals surface area contributed by atoms with Crippen LogP contribution in [-0.2, 0) is 4.79 Å². The first-order valence-corrected chi connectivity index (χ1v) is 4.50. The molecule has 0 aromatic carbocycles. The average molecular weight is 211 g/mol. The van der Waals surface area contributed by atoms with E-state index in [4.69, 9.17) is 9.52 Å². The maximum Gasteiger partial charge on any atom is 0.290 e. The van der Waals surface area contributed by atoms with Crippen LogP contribution in [0.4, 0.5) is 4.79 Å². The Labute approximate surface area is 82.8 Å². The number of carbonyl (C=O) groups excluding carboxylic acids is 2. The molecule has 72 valence electrons. The molecular formula is C8H5NO4S. The van der Waals surface area contributed by atoms with Crippen molar-refractivity contribution in [2.45, 2.75) is 0 Å². The molecule has 0 bridgehead atoms. The molecular weight excluding hydrogens is 206 g/mol. The molecule has 1 aromatic rings. The summed E-state index contributed by atoms with van der Waals surface area (Å²) in [5.41, 5.74) is 0. The molecule has 2 N–H and O–H groups in total. The van der Waals surface area contributed by atoms with Gasteiger partial charge in [0.25, 0.3) is 17.1 Å². The predicted molar refractivity (Wildman–Crippen MR) is 49.5 cm³/mol. The Hall–Kier alpha value is -1.69. The molecule has 1 aliphatic heterocycles. The number of hydrogen-bond donors (Lipinski definition) is 2. The van der Waals surface area contributed by atoms with Gasteiger partial charge in [0, 0.05) is 12.1 Å². The molecule has 0 atom stereocenters. The highest BCUT2D eigenvalue weighted by Gasteiger charge is 2.25. The topological polar surface area (TPSA) is 79.5 Å². The smallest absolute Gasteiger partial charge is 0.290 e. The van der Waals surface area contributed by atoms with E-state index in [1.165, 1.54) is 18.2 Å². The lowest BCUT2D eigenvalue weighted by Gasteiger charge is -1.87. The highest BCUT2D eigenvalue weighted by atomic mass is 32.2. The number of hydrogen-bond acceptors (Lipinski definition) is 5. The van der Waals surface area contributed by atoms with Crippen LogP contribution in [0.25, 0.3) is 6.08 Å². The van der Waals surface area contributed by atoms with Crippen molar-refractivity contribution in [3.63, 3.8) is 0 Å². The number of thioether (sulfide) groups is 1. The van der Waals surface area contributed by atoms with Crippen molar-refractivity contribution >= 4 is 29.0 Å². The van der Waals surface area contributed by atoms with Crippen molar-refractivity contribution in [3.05, 3.63) is 22.8 Å². The molecule has 1 aromatic heterocycles. The van der Waals surface area contributed by atoms with Crippen LogP contribution in [0.15, 0.2) is 21.5 Å². The molecule has 6 heteroatoms. The number of amides is 2. The van der Waals surface area contributed by atoms with Crippen molar-refractivity contribution in [2.75, 3.05) is 0 Å². The normalized spacial score (nSPS) is 19.0. The Morgan fingerprint density at radius 1 is 1.43 bits per heavy atom. The summed E-state index contributed by atoms with van der Waals surface area (Å²) in [6.45, 7) is 0. The number of aromatic hydroxyl groups is 1. The second-order valence-electron chi connectivity index (χ2n) is 2.53. The van der Waals surface area contributed by atoms with Gasteiger partial charge in [-0.05, 0) is 17.8 Å². The van der Waals surface area contributed by atoms with Crippen molar-refractivity contribution in [1.82, 2.24) is 5.32 Å². The third kappa shape index (κ3) is 1.64.